The lowest BCUT2D eigenvalue weighted by molar-refractivity contribution is -0.129. The van der Waals surface area contributed by atoms with E-state index in [4.69, 9.17) is 9.84 Å². The molecule has 0 saturated carbocycles. The van der Waals surface area contributed by atoms with Crippen molar-refractivity contribution >= 4 is 5.91 Å². The van der Waals surface area contributed by atoms with E-state index in [0.29, 0.717) is 5.56 Å². The van der Waals surface area contributed by atoms with Crippen molar-refractivity contribution in [1.82, 2.24) is 4.90 Å². The summed E-state index contributed by atoms with van der Waals surface area (Å²) in [5.41, 5.74) is 0.582. The summed E-state index contributed by atoms with van der Waals surface area (Å²) in [6.07, 6.45) is 0.109. The Morgan fingerprint density at radius 2 is 2.24 bits per heavy atom. The number of carbonyl (C=O) groups is 1. The molecule has 1 rings (SSSR count). The molecule has 0 aliphatic carbocycles. The number of carbonyl (C=O) groups excluding carboxylic acids is 1. The molecule has 0 atom stereocenters. The van der Waals surface area contributed by atoms with Gasteiger partial charge in [-0.2, -0.15) is 0 Å². The smallest absolute Gasteiger partial charge is 0.226 e. The minimum atomic E-state index is -0.484. The number of methoxy groups -OCH3 is 1. The number of rotatable bonds is 5. The van der Waals surface area contributed by atoms with Crippen LogP contribution in [0.25, 0.3) is 0 Å². The zero-order valence-corrected chi connectivity index (χ0v) is 9.94. The van der Waals surface area contributed by atoms with Gasteiger partial charge in [0.1, 0.15) is 0 Å². The van der Waals surface area contributed by atoms with Crippen LogP contribution in [-0.4, -0.2) is 43.2 Å². The molecule has 1 amide bonds. The lowest BCUT2D eigenvalue weighted by Crippen LogP contribution is -2.30. The quantitative estimate of drug-likeness (QED) is 0.830. The van der Waals surface area contributed by atoms with Gasteiger partial charge >= 0.3 is 0 Å². The summed E-state index contributed by atoms with van der Waals surface area (Å²) in [6.45, 7) is 0.191. The fourth-order valence-electron chi connectivity index (χ4n) is 1.40. The third-order valence-corrected chi connectivity index (χ3v) is 2.43. The fraction of sp³-hybridized carbons (Fsp3) is 0.417. The summed E-state index contributed by atoms with van der Waals surface area (Å²) in [6, 6.07) is 4.42. The average Bonchev–Trinajstić information content (AvgIpc) is 2.29. The Morgan fingerprint density at radius 1 is 1.53 bits per heavy atom. The maximum atomic E-state index is 13.4. The van der Waals surface area contributed by atoms with Gasteiger partial charge < -0.3 is 14.7 Å². The minimum Gasteiger partial charge on any atom is -0.494 e. The second-order valence-electron chi connectivity index (χ2n) is 3.68. The van der Waals surface area contributed by atoms with Crippen LogP contribution < -0.4 is 4.74 Å². The van der Waals surface area contributed by atoms with E-state index in [1.165, 1.54) is 24.1 Å². The Labute approximate surface area is 99.6 Å². The van der Waals surface area contributed by atoms with Crippen LogP contribution in [0.1, 0.15) is 5.56 Å². The lowest BCUT2D eigenvalue weighted by atomic mass is 10.1. The molecule has 0 aromatic heterocycles. The number of amides is 1. The predicted molar refractivity (Wildman–Crippen MR) is 61.4 cm³/mol. The Balaban J connectivity index is 2.69. The number of hydrogen-bond donors (Lipinski definition) is 1. The Kier molecular flexibility index (Phi) is 4.90. The maximum Gasteiger partial charge on any atom is 0.226 e. The van der Waals surface area contributed by atoms with E-state index >= 15 is 0 Å². The number of hydrogen-bond acceptors (Lipinski definition) is 3. The molecule has 0 saturated heterocycles. The number of likely N-dealkylation sites (N-methyl/N-ethyl adjacent to an activating group) is 1. The zero-order chi connectivity index (χ0) is 12.8. The summed E-state index contributed by atoms with van der Waals surface area (Å²) >= 11 is 0. The molecule has 0 bridgehead atoms. The van der Waals surface area contributed by atoms with Crippen LogP contribution in [0.5, 0.6) is 5.75 Å². The van der Waals surface area contributed by atoms with Crippen molar-refractivity contribution in [2.75, 3.05) is 27.3 Å². The van der Waals surface area contributed by atoms with E-state index in [0.717, 1.165) is 0 Å². The van der Waals surface area contributed by atoms with Crippen LogP contribution in [0.4, 0.5) is 4.39 Å². The van der Waals surface area contributed by atoms with Crippen molar-refractivity contribution in [2.45, 2.75) is 6.42 Å². The van der Waals surface area contributed by atoms with Crippen LogP contribution in [-0.2, 0) is 11.2 Å². The number of halogens is 1. The normalized spacial score (nSPS) is 10.1. The van der Waals surface area contributed by atoms with E-state index < -0.39 is 5.82 Å². The Bertz CT molecular complexity index is 395. The molecule has 0 spiro atoms. The first-order valence-electron chi connectivity index (χ1n) is 5.25. The molecule has 94 valence electrons. The molecule has 1 N–H and O–H groups in total. The summed E-state index contributed by atoms with van der Waals surface area (Å²) in [5, 5.41) is 8.69. The largest absolute Gasteiger partial charge is 0.494 e. The number of aliphatic hydroxyl groups excluding tert-OH is 1. The summed E-state index contributed by atoms with van der Waals surface area (Å²) in [5.74, 6) is -0.490. The highest BCUT2D eigenvalue weighted by Gasteiger charge is 2.11. The molecule has 1 aromatic carbocycles. The molecule has 0 unspecified atom stereocenters. The van der Waals surface area contributed by atoms with Crippen LogP contribution in [0, 0.1) is 5.82 Å². The van der Waals surface area contributed by atoms with Gasteiger partial charge in [-0.25, -0.2) is 4.39 Å². The number of aliphatic hydroxyl groups is 1. The number of benzene rings is 1. The summed E-state index contributed by atoms with van der Waals surface area (Å²) < 4.78 is 18.1. The first-order valence-corrected chi connectivity index (χ1v) is 5.25. The molecule has 5 heteroatoms. The van der Waals surface area contributed by atoms with Gasteiger partial charge in [-0.05, 0) is 17.7 Å². The van der Waals surface area contributed by atoms with Crippen molar-refractivity contribution in [2.24, 2.45) is 0 Å². The first kappa shape index (κ1) is 13.4. The topological polar surface area (TPSA) is 49.8 Å². The van der Waals surface area contributed by atoms with Crippen LogP contribution in [0.3, 0.4) is 0 Å². The minimum absolute atomic E-state index is 0.0841. The average molecular weight is 241 g/mol. The summed E-state index contributed by atoms with van der Waals surface area (Å²) in [7, 11) is 2.98. The van der Waals surface area contributed by atoms with Crippen LogP contribution in [0.2, 0.25) is 0 Å². The first-order chi connectivity index (χ1) is 8.08. The highest BCUT2D eigenvalue weighted by molar-refractivity contribution is 5.78. The summed E-state index contributed by atoms with van der Waals surface area (Å²) in [4.78, 5) is 13.0. The second-order valence-corrected chi connectivity index (χ2v) is 3.68. The van der Waals surface area contributed by atoms with Crippen LogP contribution >= 0.6 is 0 Å². The predicted octanol–water partition coefficient (Wildman–Crippen LogP) is 0.827. The molecule has 0 aliphatic rings. The fourth-order valence-corrected chi connectivity index (χ4v) is 1.40. The van der Waals surface area contributed by atoms with Gasteiger partial charge in [-0.1, -0.05) is 6.07 Å². The SMILES string of the molecule is COc1ccc(CC(=O)N(C)CCO)cc1F. The molecule has 17 heavy (non-hydrogen) atoms. The van der Waals surface area contributed by atoms with Crippen molar-refractivity contribution < 1.29 is 19.0 Å². The monoisotopic (exact) mass is 241 g/mol. The van der Waals surface area contributed by atoms with Crippen molar-refractivity contribution in [3.63, 3.8) is 0 Å². The highest BCUT2D eigenvalue weighted by atomic mass is 19.1. The van der Waals surface area contributed by atoms with E-state index in [9.17, 15) is 9.18 Å². The third-order valence-electron chi connectivity index (χ3n) is 2.43. The highest BCUT2D eigenvalue weighted by Crippen LogP contribution is 2.18. The van der Waals surface area contributed by atoms with Gasteiger partial charge in [0.25, 0.3) is 0 Å². The van der Waals surface area contributed by atoms with Gasteiger partial charge in [-0.3, -0.25) is 4.79 Å². The molecule has 0 aliphatic heterocycles. The van der Waals surface area contributed by atoms with E-state index in [-0.39, 0.29) is 31.2 Å². The standard InChI is InChI=1S/C12H16FNO3/c1-14(5-6-15)12(16)8-9-3-4-11(17-2)10(13)7-9/h3-4,7,15H,5-6,8H2,1-2H3. The molecular weight excluding hydrogens is 225 g/mol. The van der Waals surface area contributed by atoms with Gasteiger partial charge in [-0.15, -0.1) is 0 Å². The molecule has 1 aromatic rings. The van der Waals surface area contributed by atoms with E-state index in [2.05, 4.69) is 0 Å². The van der Waals surface area contributed by atoms with Gasteiger partial charge in [0.2, 0.25) is 5.91 Å². The molecular formula is C12H16FNO3. The van der Waals surface area contributed by atoms with Crippen molar-refractivity contribution in [1.29, 1.82) is 0 Å². The van der Waals surface area contributed by atoms with Gasteiger partial charge in [0, 0.05) is 13.6 Å². The zero-order valence-electron chi connectivity index (χ0n) is 9.94. The Morgan fingerprint density at radius 3 is 2.76 bits per heavy atom. The number of nitrogens with zero attached hydrogens (tertiary/aromatic N) is 1. The maximum absolute atomic E-state index is 13.4. The lowest BCUT2D eigenvalue weighted by Gasteiger charge is -2.15. The van der Waals surface area contributed by atoms with Crippen LogP contribution in [0.15, 0.2) is 18.2 Å². The third kappa shape index (κ3) is 3.71. The molecule has 0 heterocycles. The van der Waals surface area contributed by atoms with Crippen molar-refractivity contribution in [3.05, 3.63) is 29.6 Å². The Hall–Kier alpha value is -1.62. The van der Waals surface area contributed by atoms with Gasteiger partial charge in [0.15, 0.2) is 11.6 Å². The van der Waals surface area contributed by atoms with E-state index in [1.54, 1.807) is 13.1 Å². The van der Waals surface area contributed by atoms with Gasteiger partial charge in [0.05, 0.1) is 20.1 Å². The molecule has 0 fully saturated rings. The van der Waals surface area contributed by atoms with Crippen molar-refractivity contribution in [3.8, 4) is 5.75 Å². The number of ether oxygens (including phenoxy) is 1. The van der Waals surface area contributed by atoms with E-state index in [1.807, 2.05) is 0 Å². The molecule has 0 radical (unpaired) electrons. The second kappa shape index (κ2) is 6.20. The molecule has 4 nitrogen and oxygen atoms in total.